The topological polar surface area (TPSA) is 58.6 Å². The molecule has 1 N–H and O–H groups in total. The summed E-state index contributed by atoms with van der Waals surface area (Å²) in [6.07, 6.45) is 12.6. The number of nitrogens with zero attached hydrogens (tertiary/aromatic N) is 1. The molecule has 5 heteroatoms. The Morgan fingerprint density at radius 3 is 2.00 bits per heavy atom. The smallest absolute Gasteiger partial charge is 0.407 e. The highest BCUT2D eigenvalue weighted by atomic mass is 16.6. The summed E-state index contributed by atoms with van der Waals surface area (Å²) in [6.45, 7) is 6.78. The lowest BCUT2D eigenvalue weighted by atomic mass is 9.99. The number of carbonyl (C=O) groups excluding carboxylic acids is 2. The number of carbonyl (C=O) groups is 2. The molecule has 0 heterocycles. The van der Waals surface area contributed by atoms with Crippen molar-refractivity contribution in [2.75, 3.05) is 13.6 Å². The molecule has 0 aliphatic carbocycles. The molecular weight excluding hydrogens is 472 g/mol. The molecule has 2 aromatic rings. The number of aryl methyl sites for hydroxylation is 2. The van der Waals surface area contributed by atoms with Gasteiger partial charge in [-0.25, -0.2) is 4.79 Å². The van der Waals surface area contributed by atoms with Gasteiger partial charge in [-0.05, 0) is 76.0 Å². The van der Waals surface area contributed by atoms with Crippen LogP contribution in [0.2, 0.25) is 0 Å². The third-order valence-corrected chi connectivity index (χ3v) is 6.69. The first-order valence-electron chi connectivity index (χ1n) is 14.6. The Labute approximate surface area is 231 Å². The maximum atomic E-state index is 12.7. The van der Waals surface area contributed by atoms with Gasteiger partial charge in [-0.3, -0.25) is 4.79 Å². The fourth-order valence-corrected chi connectivity index (χ4v) is 4.57. The van der Waals surface area contributed by atoms with Crippen molar-refractivity contribution in [1.82, 2.24) is 10.2 Å². The predicted octanol–water partition coefficient (Wildman–Crippen LogP) is 7.86. The minimum atomic E-state index is -0.484. The molecule has 0 aromatic heterocycles. The number of unbranched alkanes of at least 4 members (excludes halogenated alkanes) is 7. The molecule has 0 radical (unpaired) electrons. The largest absolute Gasteiger partial charge is 0.444 e. The van der Waals surface area contributed by atoms with Gasteiger partial charge in [0.1, 0.15) is 5.60 Å². The number of ether oxygens (including phenoxy) is 1. The summed E-state index contributed by atoms with van der Waals surface area (Å²) in [4.78, 5) is 26.2. The molecule has 0 unspecified atom stereocenters. The van der Waals surface area contributed by atoms with Crippen LogP contribution in [-0.4, -0.2) is 36.1 Å². The standard InChI is InChI=1S/C33H50N2O3/c1-33(2,3)38-32(37)34-26-18-10-15-25-31(36)35(4)27-30-24-17-16-23-29(30)22-14-8-6-5-7-11-19-28-20-12-9-13-21-28/h9,12-13,16-17,20-21,23-24H,5-8,10-11,14-15,18-19,22,25-27H2,1-4H3,(H,34,37). The van der Waals surface area contributed by atoms with E-state index in [0.717, 1.165) is 25.7 Å². The first-order chi connectivity index (χ1) is 18.2. The summed E-state index contributed by atoms with van der Waals surface area (Å²) < 4.78 is 5.23. The second kappa shape index (κ2) is 17.6. The fourth-order valence-electron chi connectivity index (χ4n) is 4.57. The number of benzene rings is 2. The number of nitrogens with one attached hydrogen (secondary N) is 1. The van der Waals surface area contributed by atoms with Crippen LogP contribution in [0.3, 0.4) is 0 Å². The summed E-state index contributed by atoms with van der Waals surface area (Å²) in [6, 6.07) is 19.3. The second-order valence-electron chi connectivity index (χ2n) is 11.4. The second-order valence-corrected chi connectivity index (χ2v) is 11.4. The highest BCUT2D eigenvalue weighted by Gasteiger charge is 2.15. The molecule has 2 aromatic carbocycles. The van der Waals surface area contributed by atoms with Crippen molar-refractivity contribution in [3.63, 3.8) is 0 Å². The molecular formula is C33H50N2O3. The zero-order chi connectivity index (χ0) is 27.6. The quantitative estimate of drug-likeness (QED) is 0.215. The van der Waals surface area contributed by atoms with E-state index in [9.17, 15) is 9.59 Å². The molecule has 0 aliphatic rings. The van der Waals surface area contributed by atoms with Crippen LogP contribution in [-0.2, 0) is 28.9 Å². The fraction of sp³-hybridized carbons (Fsp3) is 0.576. The molecule has 0 aliphatic heterocycles. The van der Waals surface area contributed by atoms with Crippen LogP contribution >= 0.6 is 0 Å². The number of alkyl carbamates (subject to hydrolysis) is 1. The lowest BCUT2D eigenvalue weighted by Crippen LogP contribution is -2.33. The van der Waals surface area contributed by atoms with E-state index in [0.29, 0.717) is 19.5 Å². The SMILES string of the molecule is CN(Cc1ccccc1CCCCCCCCc1ccccc1)C(=O)CCCCCNC(=O)OC(C)(C)C. The van der Waals surface area contributed by atoms with Crippen molar-refractivity contribution in [3.05, 3.63) is 71.3 Å². The molecule has 0 spiro atoms. The van der Waals surface area contributed by atoms with Crippen LogP contribution < -0.4 is 5.32 Å². The summed E-state index contributed by atoms with van der Waals surface area (Å²) in [5.41, 5.74) is 3.58. The Hall–Kier alpha value is -2.82. The average Bonchev–Trinajstić information content (AvgIpc) is 2.88. The average molecular weight is 523 g/mol. The molecule has 0 saturated heterocycles. The van der Waals surface area contributed by atoms with Crippen LogP contribution in [0.4, 0.5) is 4.79 Å². The van der Waals surface area contributed by atoms with Gasteiger partial charge >= 0.3 is 6.09 Å². The molecule has 5 nitrogen and oxygen atoms in total. The molecule has 2 amide bonds. The van der Waals surface area contributed by atoms with Gasteiger partial charge in [0.2, 0.25) is 5.91 Å². The Morgan fingerprint density at radius 2 is 1.32 bits per heavy atom. The predicted molar refractivity (Wildman–Crippen MR) is 157 cm³/mol. The Morgan fingerprint density at radius 1 is 0.737 bits per heavy atom. The number of rotatable bonds is 17. The van der Waals surface area contributed by atoms with Gasteiger partial charge in [0.25, 0.3) is 0 Å². The van der Waals surface area contributed by atoms with Gasteiger partial charge in [0, 0.05) is 26.6 Å². The lowest BCUT2D eigenvalue weighted by molar-refractivity contribution is -0.130. The molecule has 0 fully saturated rings. The van der Waals surface area contributed by atoms with Gasteiger partial charge in [0.15, 0.2) is 0 Å². The number of hydrogen-bond donors (Lipinski definition) is 1. The number of hydrogen-bond acceptors (Lipinski definition) is 3. The van der Waals surface area contributed by atoms with E-state index in [2.05, 4.69) is 59.9 Å². The Bertz CT molecular complexity index is 937. The van der Waals surface area contributed by atoms with Crippen molar-refractivity contribution < 1.29 is 14.3 Å². The van der Waals surface area contributed by atoms with Crippen molar-refractivity contribution in [2.45, 2.75) is 110 Å². The molecule has 38 heavy (non-hydrogen) atoms. The van der Waals surface area contributed by atoms with Crippen molar-refractivity contribution in [1.29, 1.82) is 0 Å². The summed E-state index contributed by atoms with van der Waals surface area (Å²) in [5.74, 6) is 0.176. The third kappa shape index (κ3) is 14.2. The first-order valence-corrected chi connectivity index (χ1v) is 14.6. The summed E-state index contributed by atoms with van der Waals surface area (Å²) in [5, 5.41) is 2.77. The maximum absolute atomic E-state index is 12.7. The van der Waals surface area contributed by atoms with Gasteiger partial charge in [-0.2, -0.15) is 0 Å². The third-order valence-electron chi connectivity index (χ3n) is 6.69. The first kappa shape index (κ1) is 31.4. The van der Waals surface area contributed by atoms with Gasteiger partial charge in [-0.1, -0.05) is 86.7 Å². The molecule has 2 rings (SSSR count). The number of amides is 2. The van der Waals surface area contributed by atoms with Crippen LogP contribution in [0, 0.1) is 0 Å². The van der Waals surface area contributed by atoms with Crippen molar-refractivity contribution >= 4 is 12.0 Å². The van der Waals surface area contributed by atoms with E-state index in [1.807, 2.05) is 32.7 Å². The van der Waals surface area contributed by atoms with Gasteiger partial charge in [0.05, 0.1) is 0 Å². The zero-order valence-electron chi connectivity index (χ0n) is 24.3. The van der Waals surface area contributed by atoms with E-state index in [4.69, 9.17) is 4.74 Å². The van der Waals surface area contributed by atoms with Crippen LogP contribution in [0.15, 0.2) is 54.6 Å². The highest BCUT2D eigenvalue weighted by Crippen LogP contribution is 2.17. The van der Waals surface area contributed by atoms with Gasteiger partial charge < -0.3 is 15.0 Å². The van der Waals surface area contributed by atoms with Crippen LogP contribution in [0.5, 0.6) is 0 Å². The monoisotopic (exact) mass is 522 g/mol. The lowest BCUT2D eigenvalue weighted by Gasteiger charge is -2.20. The van der Waals surface area contributed by atoms with E-state index >= 15 is 0 Å². The van der Waals surface area contributed by atoms with Crippen molar-refractivity contribution in [3.8, 4) is 0 Å². The maximum Gasteiger partial charge on any atom is 0.407 e. The highest BCUT2D eigenvalue weighted by molar-refractivity contribution is 5.75. The van der Waals surface area contributed by atoms with Crippen LogP contribution in [0.1, 0.15) is 102 Å². The minimum absolute atomic E-state index is 0.176. The van der Waals surface area contributed by atoms with E-state index < -0.39 is 5.60 Å². The Balaban J connectivity index is 1.57. The van der Waals surface area contributed by atoms with Crippen LogP contribution in [0.25, 0.3) is 0 Å². The molecule has 0 saturated carbocycles. The molecule has 0 bridgehead atoms. The summed E-state index contributed by atoms with van der Waals surface area (Å²) in [7, 11) is 1.90. The van der Waals surface area contributed by atoms with E-state index in [-0.39, 0.29) is 12.0 Å². The Kier molecular flexibility index (Phi) is 14.6. The molecule has 210 valence electrons. The van der Waals surface area contributed by atoms with E-state index in [1.165, 1.54) is 61.6 Å². The zero-order valence-corrected chi connectivity index (χ0v) is 24.3. The normalized spacial score (nSPS) is 11.3. The minimum Gasteiger partial charge on any atom is -0.444 e. The van der Waals surface area contributed by atoms with Gasteiger partial charge in [-0.15, -0.1) is 0 Å². The summed E-state index contributed by atoms with van der Waals surface area (Å²) >= 11 is 0. The van der Waals surface area contributed by atoms with Crippen molar-refractivity contribution in [2.24, 2.45) is 0 Å². The molecule has 0 atom stereocenters. The van der Waals surface area contributed by atoms with E-state index in [1.54, 1.807) is 0 Å².